The third-order valence-electron chi connectivity index (χ3n) is 5.06. The summed E-state index contributed by atoms with van der Waals surface area (Å²) in [6.07, 6.45) is 0.367. The molecule has 0 radical (unpaired) electrons. The van der Waals surface area contributed by atoms with Gasteiger partial charge in [0.25, 0.3) is 0 Å². The molecule has 1 heterocycles. The van der Waals surface area contributed by atoms with Crippen LogP contribution in [0.25, 0.3) is 0 Å². The molecular weight excluding hydrogens is 414 g/mol. The van der Waals surface area contributed by atoms with E-state index in [1.54, 1.807) is 0 Å². The number of nitrogens with zero attached hydrogens (tertiary/aromatic N) is 1. The van der Waals surface area contributed by atoms with Gasteiger partial charge in [-0.15, -0.1) is 0 Å². The summed E-state index contributed by atoms with van der Waals surface area (Å²) in [7, 11) is 0. The predicted molar refractivity (Wildman–Crippen MR) is 123 cm³/mol. The third-order valence-corrected chi connectivity index (χ3v) is 5.41. The number of carbonyl (C=O) groups excluding carboxylic acids is 1. The summed E-state index contributed by atoms with van der Waals surface area (Å²) in [5.74, 6) is 0.628. The second-order valence-corrected chi connectivity index (χ2v) is 9.36. The number of hydrogen-bond donors (Lipinski definition) is 0. The second-order valence-electron chi connectivity index (χ2n) is 8.95. The van der Waals surface area contributed by atoms with Crippen molar-refractivity contribution in [3.05, 3.63) is 64.2 Å². The van der Waals surface area contributed by atoms with Crippen molar-refractivity contribution in [3.8, 4) is 5.75 Å². The number of hydrogen-bond acceptors (Lipinski definition) is 5. The average molecular weight is 446 g/mol. The molecule has 168 valence electrons. The molecule has 6 heteroatoms. The van der Waals surface area contributed by atoms with Crippen molar-refractivity contribution in [1.82, 2.24) is 4.90 Å². The topological polar surface area (TPSA) is 48.0 Å². The van der Waals surface area contributed by atoms with Gasteiger partial charge in [-0.2, -0.15) is 0 Å². The fraction of sp³-hybridized carbons (Fsp3) is 0.480. The predicted octanol–water partition coefficient (Wildman–Crippen LogP) is 5.33. The second kappa shape index (κ2) is 10.5. The number of ether oxygens (including phenoxy) is 3. The van der Waals surface area contributed by atoms with E-state index in [0.29, 0.717) is 26.2 Å². The van der Waals surface area contributed by atoms with Crippen molar-refractivity contribution in [2.45, 2.75) is 52.4 Å². The van der Waals surface area contributed by atoms with Crippen molar-refractivity contribution in [2.75, 3.05) is 26.2 Å². The van der Waals surface area contributed by atoms with Crippen LogP contribution in [0.2, 0.25) is 5.02 Å². The van der Waals surface area contributed by atoms with E-state index in [1.807, 2.05) is 70.2 Å². The van der Waals surface area contributed by atoms with Crippen LogP contribution < -0.4 is 4.74 Å². The standard InChI is InChI=1S/C25H32ClNO4/c1-18-5-6-20(22(26)15-18)17-30-21-9-7-19(8-10-21)23-16-27(13-14-29-23)12-11-24(28)31-25(2,3)4/h5-10,15,23H,11-14,16-17H2,1-4H3. The Morgan fingerprint density at radius 3 is 2.61 bits per heavy atom. The first-order valence-electron chi connectivity index (χ1n) is 10.7. The van der Waals surface area contributed by atoms with Gasteiger partial charge in [0, 0.05) is 30.2 Å². The molecule has 0 saturated carbocycles. The van der Waals surface area contributed by atoms with Crippen molar-refractivity contribution in [2.24, 2.45) is 0 Å². The van der Waals surface area contributed by atoms with Gasteiger partial charge in [0.1, 0.15) is 18.0 Å². The maximum absolute atomic E-state index is 12.0. The van der Waals surface area contributed by atoms with Crippen molar-refractivity contribution in [1.29, 1.82) is 0 Å². The van der Waals surface area contributed by atoms with Crippen molar-refractivity contribution >= 4 is 17.6 Å². The van der Waals surface area contributed by atoms with E-state index in [4.69, 9.17) is 25.8 Å². The highest BCUT2D eigenvalue weighted by Gasteiger charge is 2.23. The Balaban J connectivity index is 1.50. The molecule has 2 aromatic rings. The molecule has 1 saturated heterocycles. The lowest BCUT2D eigenvalue weighted by Crippen LogP contribution is -2.39. The molecule has 0 aromatic heterocycles. The number of benzene rings is 2. The number of carbonyl (C=O) groups is 1. The zero-order valence-corrected chi connectivity index (χ0v) is 19.6. The molecule has 0 spiro atoms. The maximum atomic E-state index is 12.0. The molecule has 1 aliphatic rings. The Bertz CT molecular complexity index is 876. The molecular formula is C25H32ClNO4. The summed E-state index contributed by atoms with van der Waals surface area (Å²) < 4.78 is 17.3. The molecule has 0 bridgehead atoms. The first-order chi connectivity index (χ1) is 14.7. The first-order valence-corrected chi connectivity index (χ1v) is 11.1. The lowest BCUT2D eigenvalue weighted by Gasteiger charge is -2.33. The molecule has 1 fully saturated rings. The van der Waals surface area contributed by atoms with Gasteiger partial charge in [-0.05, 0) is 57.0 Å². The van der Waals surface area contributed by atoms with E-state index in [2.05, 4.69) is 4.90 Å². The van der Waals surface area contributed by atoms with E-state index in [0.717, 1.165) is 40.6 Å². The molecule has 0 aliphatic carbocycles. The number of aryl methyl sites for hydroxylation is 1. The van der Waals surface area contributed by atoms with Crippen molar-refractivity contribution in [3.63, 3.8) is 0 Å². The quantitative estimate of drug-likeness (QED) is 0.539. The summed E-state index contributed by atoms with van der Waals surface area (Å²) in [6, 6.07) is 14.0. The van der Waals surface area contributed by atoms with E-state index in [-0.39, 0.29) is 12.1 Å². The highest BCUT2D eigenvalue weighted by atomic mass is 35.5. The van der Waals surface area contributed by atoms with E-state index in [9.17, 15) is 4.79 Å². The Kier molecular flexibility index (Phi) is 7.98. The fourth-order valence-corrected chi connectivity index (χ4v) is 3.75. The number of rotatable bonds is 7. The summed E-state index contributed by atoms with van der Waals surface area (Å²) >= 11 is 6.28. The fourth-order valence-electron chi connectivity index (χ4n) is 3.46. The van der Waals surface area contributed by atoms with Crippen LogP contribution in [-0.4, -0.2) is 42.7 Å². The van der Waals surface area contributed by atoms with Crippen LogP contribution in [0.4, 0.5) is 0 Å². The molecule has 2 aromatic carbocycles. The van der Waals surface area contributed by atoms with Crippen LogP contribution in [0.5, 0.6) is 5.75 Å². The zero-order valence-electron chi connectivity index (χ0n) is 18.8. The highest BCUT2D eigenvalue weighted by Crippen LogP contribution is 2.26. The Hall–Kier alpha value is -2.08. The first kappa shape index (κ1) is 23.6. The molecule has 1 unspecified atom stereocenters. The molecule has 3 rings (SSSR count). The summed E-state index contributed by atoms with van der Waals surface area (Å²) in [5, 5.41) is 0.721. The molecule has 5 nitrogen and oxygen atoms in total. The Morgan fingerprint density at radius 2 is 1.94 bits per heavy atom. The SMILES string of the molecule is Cc1ccc(COc2ccc(C3CN(CCC(=O)OC(C)(C)C)CCO3)cc2)c(Cl)c1. The Morgan fingerprint density at radius 1 is 1.19 bits per heavy atom. The average Bonchev–Trinajstić information content (AvgIpc) is 2.71. The number of halogens is 1. The van der Waals surface area contributed by atoms with Crippen LogP contribution in [0, 0.1) is 6.92 Å². The van der Waals surface area contributed by atoms with Gasteiger partial charge in [-0.3, -0.25) is 9.69 Å². The number of esters is 1. The van der Waals surface area contributed by atoms with Crippen LogP contribution >= 0.6 is 11.6 Å². The minimum absolute atomic E-state index is 0.0204. The van der Waals surface area contributed by atoms with Gasteiger partial charge in [-0.25, -0.2) is 0 Å². The van der Waals surface area contributed by atoms with Crippen LogP contribution in [0.1, 0.15) is 50.0 Å². The monoisotopic (exact) mass is 445 g/mol. The molecule has 0 amide bonds. The van der Waals surface area contributed by atoms with Gasteiger partial charge < -0.3 is 14.2 Å². The van der Waals surface area contributed by atoms with Gasteiger partial charge in [0.15, 0.2) is 0 Å². The highest BCUT2D eigenvalue weighted by molar-refractivity contribution is 6.31. The van der Waals surface area contributed by atoms with Crippen molar-refractivity contribution < 1.29 is 19.0 Å². The molecule has 0 N–H and O–H groups in total. The van der Waals surface area contributed by atoms with E-state index >= 15 is 0 Å². The van der Waals surface area contributed by atoms with Crippen LogP contribution in [0.15, 0.2) is 42.5 Å². The van der Waals surface area contributed by atoms with Gasteiger partial charge in [0.2, 0.25) is 0 Å². The summed E-state index contributed by atoms with van der Waals surface area (Å²) in [5.41, 5.74) is 2.75. The molecule has 1 aliphatic heterocycles. The van der Waals surface area contributed by atoms with Gasteiger partial charge >= 0.3 is 5.97 Å². The van der Waals surface area contributed by atoms with Gasteiger partial charge in [-0.1, -0.05) is 35.9 Å². The zero-order chi connectivity index (χ0) is 22.4. The molecule has 31 heavy (non-hydrogen) atoms. The third kappa shape index (κ3) is 7.53. The lowest BCUT2D eigenvalue weighted by molar-refractivity contribution is -0.155. The smallest absolute Gasteiger partial charge is 0.307 e. The normalized spacial score (nSPS) is 17.4. The van der Waals surface area contributed by atoms with Gasteiger partial charge in [0.05, 0.1) is 19.1 Å². The number of morpholine rings is 1. The summed E-state index contributed by atoms with van der Waals surface area (Å²) in [6.45, 7) is 11.0. The van der Waals surface area contributed by atoms with E-state index in [1.165, 1.54) is 0 Å². The Labute approximate surface area is 190 Å². The summed E-state index contributed by atoms with van der Waals surface area (Å²) in [4.78, 5) is 14.2. The minimum Gasteiger partial charge on any atom is -0.489 e. The van der Waals surface area contributed by atoms with Crippen LogP contribution in [-0.2, 0) is 20.9 Å². The van der Waals surface area contributed by atoms with Crippen LogP contribution in [0.3, 0.4) is 0 Å². The van der Waals surface area contributed by atoms with E-state index < -0.39 is 5.60 Å². The minimum atomic E-state index is -0.445. The largest absolute Gasteiger partial charge is 0.489 e. The maximum Gasteiger partial charge on any atom is 0.307 e. The molecule has 1 atom stereocenters. The lowest BCUT2D eigenvalue weighted by atomic mass is 10.1.